The van der Waals surface area contributed by atoms with Gasteiger partial charge in [-0.05, 0) is 18.9 Å². The van der Waals surface area contributed by atoms with E-state index < -0.39 is 4.92 Å². The van der Waals surface area contributed by atoms with E-state index in [4.69, 9.17) is 27.9 Å². The summed E-state index contributed by atoms with van der Waals surface area (Å²) < 4.78 is 5.81. The molecule has 5 nitrogen and oxygen atoms in total. The molecule has 2 unspecified atom stereocenters. The summed E-state index contributed by atoms with van der Waals surface area (Å²) in [6.45, 7) is 3.77. The van der Waals surface area contributed by atoms with Crippen LogP contribution in [0.5, 0.6) is 5.75 Å². The molecule has 1 fully saturated rings. The highest BCUT2D eigenvalue weighted by molar-refractivity contribution is 6.37. The van der Waals surface area contributed by atoms with E-state index in [1.165, 1.54) is 12.1 Å². The maximum Gasteiger partial charge on any atom is 0.272 e. The zero-order valence-corrected chi connectivity index (χ0v) is 11.9. The lowest BCUT2D eigenvalue weighted by Gasteiger charge is -2.30. The SMILES string of the molecule is CC1CCNCC1Oc1c(Cl)cc([N+](=O)[O-])cc1Cl. The molecule has 2 rings (SSSR count). The number of ether oxygens (including phenoxy) is 1. The third kappa shape index (κ3) is 3.29. The number of halogens is 2. The molecule has 1 heterocycles. The summed E-state index contributed by atoms with van der Waals surface area (Å²) in [5.74, 6) is 0.693. The molecular weight excluding hydrogens is 291 g/mol. The zero-order chi connectivity index (χ0) is 14.0. The molecule has 0 aromatic heterocycles. The molecule has 1 aliphatic heterocycles. The number of hydrogen-bond acceptors (Lipinski definition) is 4. The lowest BCUT2D eigenvalue weighted by molar-refractivity contribution is -0.384. The predicted molar refractivity (Wildman–Crippen MR) is 74.2 cm³/mol. The van der Waals surface area contributed by atoms with Crippen LogP contribution in [0.4, 0.5) is 5.69 Å². The molecule has 2 atom stereocenters. The van der Waals surface area contributed by atoms with Gasteiger partial charge in [0.15, 0.2) is 5.75 Å². The highest BCUT2D eigenvalue weighted by Gasteiger charge is 2.25. The Bertz CT molecular complexity index is 473. The van der Waals surface area contributed by atoms with Crippen LogP contribution in [0.2, 0.25) is 10.0 Å². The number of nitro groups is 1. The molecule has 7 heteroatoms. The molecule has 1 aromatic carbocycles. The third-order valence-electron chi connectivity index (χ3n) is 3.22. The van der Waals surface area contributed by atoms with Crippen molar-refractivity contribution in [3.63, 3.8) is 0 Å². The number of benzene rings is 1. The first-order valence-electron chi connectivity index (χ1n) is 6.00. The first kappa shape index (κ1) is 14.4. The molecule has 19 heavy (non-hydrogen) atoms. The molecule has 0 aliphatic carbocycles. The van der Waals surface area contributed by atoms with Gasteiger partial charge in [0.25, 0.3) is 5.69 Å². The minimum absolute atomic E-state index is 0.0368. The Kier molecular flexibility index (Phi) is 4.50. The molecule has 1 aliphatic rings. The van der Waals surface area contributed by atoms with Crippen LogP contribution < -0.4 is 10.1 Å². The smallest absolute Gasteiger partial charge is 0.272 e. The fourth-order valence-electron chi connectivity index (χ4n) is 2.03. The maximum absolute atomic E-state index is 10.7. The Morgan fingerprint density at radius 3 is 2.58 bits per heavy atom. The molecule has 1 saturated heterocycles. The van der Waals surface area contributed by atoms with E-state index in [9.17, 15) is 10.1 Å². The first-order chi connectivity index (χ1) is 8.99. The lowest BCUT2D eigenvalue weighted by atomic mass is 9.97. The normalized spacial score (nSPS) is 23.1. The number of piperidine rings is 1. The van der Waals surface area contributed by atoms with Gasteiger partial charge in [-0.1, -0.05) is 30.1 Å². The molecular formula is C12H14Cl2N2O3. The van der Waals surface area contributed by atoms with E-state index in [0.29, 0.717) is 18.2 Å². The van der Waals surface area contributed by atoms with Crippen molar-refractivity contribution in [3.8, 4) is 5.75 Å². The van der Waals surface area contributed by atoms with Crippen LogP contribution in [-0.4, -0.2) is 24.1 Å². The second-order valence-electron chi connectivity index (χ2n) is 4.62. The van der Waals surface area contributed by atoms with E-state index in [0.717, 1.165) is 13.0 Å². The van der Waals surface area contributed by atoms with Crippen LogP contribution >= 0.6 is 23.2 Å². The lowest BCUT2D eigenvalue weighted by Crippen LogP contribution is -2.42. The molecule has 0 spiro atoms. The van der Waals surface area contributed by atoms with Crippen LogP contribution in [0.1, 0.15) is 13.3 Å². The molecule has 1 N–H and O–H groups in total. The summed E-state index contributed by atoms with van der Waals surface area (Å²) in [5, 5.41) is 14.3. The second kappa shape index (κ2) is 5.94. The van der Waals surface area contributed by atoms with Crippen molar-refractivity contribution < 1.29 is 9.66 Å². The number of non-ortho nitro benzene ring substituents is 1. The van der Waals surface area contributed by atoms with Crippen LogP contribution in [0.3, 0.4) is 0 Å². The fourth-order valence-corrected chi connectivity index (χ4v) is 2.60. The fraction of sp³-hybridized carbons (Fsp3) is 0.500. The van der Waals surface area contributed by atoms with Crippen LogP contribution in [-0.2, 0) is 0 Å². The highest BCUT2D eigenvalue weighted by Crippen LogP contribution is 2.38. The summed E-state index contributed by atoms with van der Waals surface area (Å²) in [4.78, 5) is 10.2. The third-order valence-corrected chi connectivity index (χ3v) is 3.78. The minimum Gasteiger partial charge on any atom is -0.486 e. The molecule has 0 saturated carbocycles. The number of nitrogens with one attached hydrogen (secondary N) is 1. The van der Waals surface area contributed by atoms with Crippen molar-refractivity contribution in [2.24, 2.45) is 5.92 Å². The minimum atomic E-state index is -0.535. The van der Waals surface area contributed by atoms with Gasteiger partial charge in [-0.15, -0.1) is 0 Å². The summed E-state index contributed by atoms with van der Waals surface area (Å²) >= 11 is 12.0. The van der Waals surface area contributed by atoms with Gasteiger partial charge in [0.2, 0.25) is 0 Å². The Hall–Kier alpha value is -1.04. The van der Waals surface area contributed by atoms with Gasteiger partial charge in [-0.25, -0.2) is 0 Å². The average Bonchev–Trinajstić information content (AvgIpc) is 2.35. The van der Waals surface area contributed by atoms with Gasteiger partial charge in [0, 0.05) is 18.7 Å². The average molecular weight is 305 g/mol. The van der Waals surface area contributed by atoms with E-state index in [2.05, 4.69) is 12.2 Å². The van der Waals surface area contributed by atoms with Crippen LogP contribution in [0.25, 0.3) is 0 Å². The van der Waals surface area contributed by atoms with Crippen molar-refractivity contribution in [2.45, 2.75) is 19.4 Å². The van der Waals surface area contributed by atoms with Crippen LogP contribution in [0, 0.1) is 16.0 Å². The number of rotatable bonds is 3. The van der Waals surface area contributed by atoms with Crippen LogP contribution in [0.15, 0.2) is 12.1 Å². The van der Waals surface area contributed by atoms with Gasteiger partial charge in [-0.3, -0.25) is 10.1 Å². The largest absolute Gasteiger partial charge is 0.486 e. The zero-order valence-electron chi connectivity index (χ0n) is 10.4. The molecule has 0 radical (unpaired) electrons. The van der Waals surface area contributed by atoms with Gasteiger partial charge < -0.3 is 10.1 Å². The highest BCUT2D eigenvalue weighted by atomic mass is 35.5. The van der Waals surface area contributed by atoms with E-state index in [1.807, 2.05) is 0 Å². The first-order valence-corrected chi connectivity index (χ1v) is 6.75. The van der Waals surface area contributed by atoms with Crippen molar-refractivity contribution in [3.05, 3.63) is 32.3 Å². The van der Waals surface area contributed by atoms with Crippen molar-refractivity contribution in [2.75, 3.05) is 13.1 Å². The molecule has 0 amide bonds. The van der Waals surface area contributed by atoms with Crippen molar-refractivity contribution in [1.82, 2.24) is 5.32 Å². The quantitative estimate of drug-likeness (QED) is 0.687. The summed E-state index contributed by atoms with van der Waals surface area (Å²) in [6.07, 6.45) is 0.970. The number of nitrogens with zero attached hydrogens (tertiary/aromatic N) is 1. The topological polar surface area (TPSA) is 64.4 Å². The van der Waals surface area contributed by atoms with Gasteiger partial charge in [0.05, 0.1) is 15.0 Å². The standard InChI is InChI=1S/C12H14Cl2N2O3/c1-7-2-3-15-6-11(7)19-12-9(13)4-8(16(17)18)5-10(12)14/h4-5,7,11,15H,2-3,6H2,1H3. The molecule has 104 valence electrons. The summed E-state index contributed by atoms with van der Waals surface area (Å²) in [5.41, 5.74) is -0.142. The van der Waals surface area contributed by atoms with Crippen molar-refractivity contribution in [1.29, 1.82) is 0 Å². The maximum atomic E-state index is 10.7. The molecule has 1 aromatic rings. The molecule has 0 bridgehead atoms. The van der Waals surface area contributed by atoms with Gasteiger partial charge in [0.1, 0.15) is 6.10 Å². The van der Waals surface area contributed by atoms with Gasteiger partial charge >= 0.3 is 0 Å². The summed E-state index contributed by atoms with van der Waals surface area (Å²) in [6, 6.07) is 2.51. The van der Waals surface area contributed by atoms with E-state index >= 15 is 0 Å². The monoisotopic (exact) mass is 304 g/mol. The number of nitro benzene ring substituents is 1. The van der Waals surface area contributed by atoms with E-state index in [1.54, 1.807) is 0 Å². The number of hydrogen-bond donors (Lipinski definition) is 1. The Labute approximate surface area is 121 Å². The predicted octanol–water partition coefficient (Wildman–Crippen LogP) is 3.28. The Balaban J connectivity index is 2.22. The second-order valence-corrected chi connectivity index (χ2v) is 5.44. The van der Waals surface area contributed by atoms with E-state index in [-0.39, 0.29) is 21.8 Å². The Morgan fingerprint density at radius 1 is 1.42 bits per heavy atom. The Morgan fingerprint density at radius 2 is 2.05 bits per heavy atom. The van der Waals surface area contributed by atoms with Gasteiger partial charge in [-0.2, -0.15) is 0 Å². The summed E-state index contributed by atoms with van der Waals surface area (Å²) in [7, 11) is 0. The van der Waals surface area contributed by atoms with Crippen molar-refractivity contribution >= 4 is 28.9 Å².